The fourth-order valence-corrected chi connectivity index (χ4v) is 2.44. The molecule has 1 aromatic carbocycles. The largest absolute Gasteiger partial charge is 0.496 e. The number of hydrogen-bond donors (Lipinski definition) is 1. The maximum Gasteiger partial charge on any atom is 0.123 e. The molecular formula is C15H23NO2. The Morgan fingerprint density at radius 1 is 1.28 bits per heavy atom. The minimum atomic E-state index is 0.0831. The fourth-order valence-electron chi connectivity index (χ4n) is 2.44. The van der Waals surface area contributed by atoms with E-state index in [9.17, 15) is 0 Å². The van der Waals surface area contributed by atoms with Crippen molar-refractivity contribution < 1.29 is 9.47 Å². The monoisotopic (exact) mass is 249 g/mol. The highest BCUT2D eigenvalue weighted by atomic mass is 16.5. The molecule has 1 aliphatic heterocycles. The summed E-state index contributed by atoms with van der Waals surface area (Å²) in [4.78, 5) is 0. The van der Waals surface area contributed by atoms with Crippen molar-refractivity contribution in [2.45, 2.75) is 26.2 Å². The van der Waals surface area contributed by atoms with Crippen molar-refractivity contribution >= 4 is 0 Å². The van der Waals surface area contributed by atoms with Gasteiger partial charge in [0.15, 0.2) is 0 Å². The Hall–Kier alpha value is -1.06. The Labute approximate surface area is 109 Å². The van der Waals surface area contributed by atoms with Crippen molar-refractivity contribution in [2.75, 3.05) is 33.4 Å². The van der Waals surface area contributed by atoms with Crippen LogP contribution in [0.5, 0.6) is 5.75 Å². The third-order valence-corrected chi connectivity index (χ3v) is 3.86. The maximum atomic E-state index is 5.56. The van der Waals surface area contributed by atoms with Crippen LogP contribution in [-0.4, -0.2) is 33.4 Å². The first-order valence-electron chi connectivity index (χ1n) is 6.57. The molecular weight excluding hydrogens is 226 g/mol. The second-order valence-corrected chi connectivity index (χ2v) is 5.19. The number of rotatable bonds is 5. The van der Waals surface area contributed by atoms with Crippen molar-refractivity contribution in [3.63, 3.8) is 0 Å². The minimum Gasteiger partial charge on any atom is -0.496 e. The molecule has 0 saturated carbocycles. The van der Waals surface area contributed by atoms with E-state index in [1.54, 1.807) is 7.11 Å². The van der Waals surface area contributed by atoms with Gasteiger partial charge in [0.1, 0.15) is 5.75 Å². The van der Waals surface area contributed by atoms with Crippen molar-refractivity contribution in [2.24, 2.45) is 0 Å². The van der Waals surface area contributed by atoms with Gasteiger partial charge in [-0.3, -0.25) is 0 Å². The smallest absolute Gasteiger partial charge is 0.123 e. The van der Waals surface area contributed by atoms with Gasteiger partial charge in [-0.1, -0.05) is 13.0 Å². The Morgan fingerprint density at radius 3 is 2.44 bits per heavy atom. The zero-order valence-corrected chi connectivity index (χ0v) is 11.8. The average molecular weight is 249 g/mol. The van der Waals surface area contributed by atoms with E-state index in [2.05, 4.69) is 38.2 Å². The van der Waals surface area contributed by atoms with Gasteiger partial charge in [-0.2, -0.15) is 0 Å². The van der Waals surface area contributed by atoms with E-state index in [0.29, 0.717) is 0 Å². The lowest BCUT2D eigenvalue weighted by atomic mass is 9.77. The number of ether oxygens (including phenoxy) is 2. The molecule has 1 aromatic rings. The van der Waals surface area contributed by atoms with Crippen LogP contribution in [0.15, 0.2) is 12.1 Å². The van der Waals surface area contributed by atoms with Crippen molar-refractivity contribution in [1.82, 2.24) is 5.32 Å². The van der Waals surface area contributed by atoms with E-state index >= 15 is 0 Å². The van der Waals surface area contributed by atoms with Crippen LogP contribution in [0.1, 0.15) is 23.6 Å². The van der Waals surface area contributed by atoms with E-state index in [1.165, 1.54) is 16.7 Å². The molecule has 3 heteroatoms. The Kier molecular flexibility index (Phi) is 3.93. The summed E-state index contributed by atoms with van der Waals surface area (Å²) in [6.07, 6.45) is 0. The predicted octanol–water partition coefficient (Wildman–Crippen LogP) is 2.19. The molecule has 1 heterocycles. The summed E-state index contributed by atoms with van der Waals surface area (Å²) in [5.41, 5.74) is 3.95. The standard InChI is InChI=1S/C15H23NO2/c1-5-16-8-15(9-18-10-15)13-6-11(2)12(3)7-14(13)17-4/h6-7,16H,5,8-10H2,1-4H3. The highest BCUT2D eigenvalue weighted by molar-refractivity contribution is 5.47. The number of aryl methyl sites for hydroxylation is 2. The molecule has 100 valence electrons. The second kappa shape index (κ2) is 5.29. The summed E-state index contributed by atoms with van der Waals surface area (Å²) in [6, 6.07) is 4.39. The van der Waals surface area contributed by atoms with Crippen LogP contribution in [0.3, 0.4) is 0 Å². The SMILES string of the molecule is CCNCC1(c2cc(C)c(C)cc2OC)COC1. The summed E-state index contributed by atoms with van der Waals surface area (Å²) >= 11 is 0. The lowest BCUT2D eigenvalue weighted by Gasteiger charge is -2.43. The van der Waals surface area contributed by atoms with Gasteiger partial charge in [0.25, 0.3) is 0 Å². The number of hydrogen-bond acceptors (Lipinski definition) is 3. The molecule has 0 aliphatic carbocycles. The van der Waals surface area contributed by atoms with Crippen LogP contribution in [0.4, 0.5) is 0 Å². The molecule has 3 nitrogen and oxygen atoms in total. The first-order chi connectivity index (χ1) is 8.63. The van der Waals surface area contributed by atoms with Crippen LogP contribution < -0.4 is 10.1 Å². The van der Waals surface area contributed by atoms with E-state index in [-0.39, 0.29) is 5.41 Å². The van der Waals surface area contributed by atoms with Crippen LogP contribution in [0, 0.1) is 13.8 Å². The summed E-state index contributed by atoms with van der Waals surface area (Å²) in [5, 5.41) is 3.44. The molecule has 0 aromatic heterocycles. The Balaban J connectivity index is 2.38. The molecule has 2 rings (SSSR count). The summed E-state index contributed by atoms with van der Waals surface area (Å²) in [7, 11) is 1.74. The van der Waals surface area contributed by atoms with Gasteiger partial charge in [0.05, 0.1) is 25.7 Å². The third kappa shape index (κ3) is 2.25. The molecule has 18 heavy (non-hydrogen) atoms. The minimum absolute atomic E-state index is 0.0831. The lowest BCUT2D eigenvalue weighted by molar-refractivity contribution is -0.0597. The zero-order valence-electron chi connectivity index (χ0n) is 11.8. The van der Waals surface area contributed by atoms with Gasteiger partial charge in [-0.05, 0) is 37.6 Å². The van der Waals surface area contributed by atoms with Gasteiger partial charge in [0, 0.05) is 12.1 Å². The highest BCUT2D eigenvalue weighted by Crippen LogP contribution is 2.39. The summed E-state index contributed by atoms with van der Waals surface area (Å²) < 4.78 is 11.0. The number of likely N-dealkylation sites (N-methyl/N-ethyl adjacent to an activating group) is 1. The highest BCUT2D eigenvalue weighted by Gasteiger charge is 2.42. The molecule has 1 fully saturated rings. The van der Waals surface area contributed by atoms with Crippen LogP contribution in [0.25, 0.3) is 0 Å². The normalized spacial score (nSPS) is 17.3. The lowest BCUT2D eigenvalue weighted by Crippen LogP contribution is -2.53. The third-order valence-electron chi connectivity index (χ3n) is 3.86. The molecule has 0 unspecified atom stereocenters. The average Bonchev–Trinajstić information content (AvgIpc) is 2.32. The topological polar surface area (TPSA) is 30.5 Å². The fraction of sp³-hybridized carbons (Fsp3) is 0.600. The van der Waals surface area contributed by atoms with E-state index < -0.39 is 0 Å². The molecule has 0 amide bonds. The summed E-state index contributed by atoms with van der Waals surface area (Å²) in [6.45, 7) is 9.88. The van der Waals surface area contributed by atoms with Crippen molar-refractivity contribution in [1.29, 1.82) is 0 Å². The van der Waals surface area contributed by atoms with Gasteiger partial charge < -0.3 is 14.8 Å². The van der Waals surface area contributed by atoms with Crippen LogP contribution in [-0.2, 0) is 10.2 Å². The first kappa shape index (κ1) is 13.4. The molecule has 0 spiro atoms. The summed E-state index contributed by atoms with van der Waals surface area (Å²) in [5.74, 6) is 0.985. The van der Waals surface area contributed by atoms with Gasteiger partial charge in [-0.25, -0.2) is 0 Å². The molecule has 1 N–H and O–H groups in total. The number of benzene rings is 1. The van der Waals surface area contributed by atoms with E-state index in [4.69, 9.17) is 9.47 Å². The van der Waals surface area contributed by atoms with Crippen LogP contribution in [0.2, 0.25) is 0 Å². The molecule has 0 bridgehead atoms. The van der Waals surface area contributed by atoms with Crippen molar-refractivity contribution in [3.05, 3.63) is 28.8 Å². The number of methoxy groups -OCH3 is 1. The van der Waals surface area contributed by atoms with E-state index in [1.807, 2.05) is 0 Å². The van der Waals surface area contributed by atoms with Crippen LogP contribution >= 0.6 is 0 Å². The van der Waals surface area contributed by atoms with Gasteiger partial charge in [0.2, 0.25) is 0 Å². The second-order valence-electron chi connectivity index (χ2n) is 5.19. The van der Waals surface area contributed by atoms with E-state index in [0.717, 1.165) is 32.1 Å². The zero-order chi connectivity index (χ0) is 13.2. The molecule has 1 aliphatic rings. The Bertz CT molecular complexity index is 425. The quantitative estimate of drug-likeness (QED) is 0.867. The molecule has 0 atom stereocenters. The van der Waals surface area contributed by atoms with Crippen molar-refractivity contribution in [3.8, 4) is 5.75 Å². The maximum absolute atomic E-state index is 5.56. The van der Waals surface area contributed by atoms with Gasteiger partial charge >= 0.3 is 0 Å². The first-order valence-corrected chi connectivity index (χ1v) is 6.57. The Morgan fingerprint density at radius 2 is 1.94 bits per heavy atom. The molecule has 1 saturated heterocycles. The van der Waals surface area contributed by atoms with Gasteiger partial charge in [-0.15, -0.1) is 0 Å². The molecule has 0 radical (unpaired) electrons. The predicted molar refractivity (Wildman–Crippen MR) is 73.5 cm³/mol. The number of nitrogens with one attached hydrogen (secondary N) is 1.